The minimum Gasteiger partial charge on any atom is -0.376 e. The molecule has 1 unspecified atom stereocenters. The van der Waals surface area contributed by atoms with Crippen molar-refractivity contribution in [2.24, 2.45) is 17.6 Å². The lowest BCUT2D eigenvalue weighted by molar-refractivity contribution is -0.144. The van der Waals surface area contributed by atoms with E-state index in [2.05, 4.69) is 10.6 Å². The van der Waals surface area contributed by atoms with Gasteiger partial charge < -0.3 is 15.8 Å². The molecule has 9 nitrogen and oxygen atoms in total. The van der Waals surface area contributed by atoms with Crippen LogP contribution in [-0.4, -0.2) is 53.8 Å². The zero-order valence-electron chi connectivity index (χ0n) is 16.0. The molecule has 10 heteroatoms. The number of nitrogens with two attached hydrogens (primary N) is 1. The zero-order chi connectivity index (χ0) is 21.2. The standard InChI is InChI=1S/C20H21ClN4O5/c21-9-3-4-12-11(6-9)20(19(29)23-12)16-15(13(24-20)7-14(22)26)17(27)25(18(16)28)8-10-2-1-5-30-10/h3-4,6,10,13,15-16,24H,1-2,5,7-8H2,(H2,22,26)(H,23,29)/t10?,13-,15-,16+,20+/m0/s1. The molecule has 3 saturated heterocycles. The number of nitrogens with one attached hydrogen (secondary N) is 2. The third-order valence-electron chi connectivity index (χ3n) is 6.60. The molecule has 4 amide bonds. The highest BCUT2D eigenvalue weighted by molar-refractivity contribution is 6.31. The number of carbonyl (C=O) groups excluding carboxylic acids is 4. The molecule has 4 heterocycles. The zero-order valence-corrected chi connectivity index (χ0v) is 16.8. The Morgan fingerprint density at radius 3 is 2.80 bits per heavy atom. The van der Waals surface area contributed by atoms with Crippen LogP contribution in [0, 0.1) is 11.8 Å². The fourth-order valence-corrected chi connectivity index (χ4v) is 5.57. The predicted molar refractivity (Wildman–Crippen MR) is 105 cm³/mol. The quantitative estimate of drug-likeness (QED) is 0.579. The first-order valence-corrected chi connectivity index (χ1v) is 10.3. The normalized spacial score (nSPS) is 34.6. The third-order valence-corrected chi connectivity index (χ3v) is 6.83. The van der Waals surface area contributed by atoms with Gasteiger partial charge in [0.2, 0.25) is 23.6 Å². The summed E-state index contributed by atoms with van der Waals surface area (Å²) in [7, 11) is 0. The number of amides is 4. The van der Waals surface area contributed by atoms with Crippen molar-refractivity contribution in [1.82, 2.24) is 10.2 Å². The summed E-state index contributed by atoms with van der Waals surface area (Å²) in [6.07, 6.45) is 1.25. The molecule has 0 bridgehead atoms. The van der Waals surface area contributed by atoms with E-state index in [4.69, 9.17) is 22.1 Å². The second-order valence-corrected chi connectivity index (χ2v) is 8.74. The average Bonchev–Trinajstić information content (AvgIpc) is 3.42. The van der Waals surface area contributed by atoms with Gasteiger partial charge in [-0.15, -0.1) is 0 Å². The van der Waals surface area contributed by atoms with E-state index in [9.17, 15) is 19.2 Å². The van der Waals surface area contributed by atoms with Crippen LogP contribution in [0.1, 0.15) is 24.8 Å². The van der Waals surface area contributed by atoms with Gasteiger partial charge >= 0.3 is 0 Å². The van der Waals surface area contributed by atoms with Crippen LogP contribution in [0.25, 0.3) is 0 Å². The molecule has 30 heavy (non-hydrogen) atoms. The van der Waals surface area contributed by atoms with E-state index < -0.39 is 47.0 Å². The molecule has 1 spiro atoms. The van der Waals surface area contributed by atoms with Crippen LogP contribution in [0.5, 0.6) is 0 Å². The van der Waals surface area contributed by atoms with Crippen LogP contribution in [0.2, 0.25) is 5.02 Å². The molecule has 158 valence electrons. The van der Waals surface area contributed by atoms with Crippen molar-refractivity contribution >= 4 is 40.9 Å². The average molecular weight is 433 g/mol. The summed E-state index contributed by atoms with van der Waals surface area (Å²) in [5, 5.41) is 6.32. The molecule has 4 aliphatic rings. The summed E-state index contributed by atoms with van der Waals surface area (Å²) in [6, 6.07) is 4.17. The summed E-state index contributed by atoms with van der Waals surface area (Å²) in [4.78, 5) is 52.9. The third kappa shape index (κ3) is 2.62. The molecule has 0 radical (unpaired) electrons. The van der Waals surface area contributed by atoms with Gasteiger partial charge in [-0.25, -0.2) is 0 Å². The highest BCUT2D eigenvalue weighted by Crippen LogP contribution is 2.53. The van der Waals surface area contributed by atoms with Gasteiger partial charge in [-0.05, 0) is 31.0 Å². The highest BCUT2D eigenvalue weighted by Gasteiger charge is 2.70. The molecule has 5 rings (SSSR count). The maximum absolute atomic E-state index is 13.5. The van der Waals surface area contributed by atoms with Gasteiger partial charge in [0.1, 0.15) is 5.54 Å². The Labute approximate surface area is 177 Å². The van der Waals surface area contributed by atoms with Crippen LogP contribution in [0.4, 0.5) is 5.69 Å². The van der Waals surface area contributed by atoms with Crippen LogP contribution < -0.4 is 16.4 Å². The van der Waals surface area contributed by atoms with Gasteiger partial charge in [0.15, 0.2) is 0 Å². The molecular weight excluding hydrogens is 412 g/mol. The topological polar surface area (TPSA) is 131 Å². The first-order valence-electron chi connectivity index (χ1n) is 9.97. The van der Waals surface area contributed by atoms with Gasteiger partial charge in [-0.2, -0.15) is 0 Å². The van der Waals surface area contributed by atoms with Gasteiger partial charge in [-0.3, -0.25) is 29.4 Å². The SMILES string of the molecule is NC(=O)C[C@@H]1N[C@@]2(C(=O)Nc3ccc(Cl)cc32)[C@H]2C(=O)N(CC3CCCO3)C(=O)[C@@H]12. The number of hydrogen-bond acceptors (Lipinski definition) is 6. The number of carbonyl (C=O) groups is 4. The summed E-state index contributed by atoms with van der Waals surface area (Å²) >= 11 is 6.18. The Morgan fingerprint density at radius 2 is 2.10 bits per heavy atom. The molecule has 0 aromatic heterocycles. The lowest BCUT2D eigenvalue weighted by atomic mass is 9.76. The molecular formula is C20H21ClN4O5. The maximum atomic E-state index is 13.5. The van der Waals surface area contributed by atoms with E-state index in [0.29, 0.717) is 22.9 Å². The summed E-state index contributed by atoms with van der Waals surface area (Å²) in [5.74, 6) is -3.77. The van der Waals surface area contributed by atoms with Gasteiger partial charge in [0.25, 0.3) is 0 Å². The fourth-order valence-electron chi connectivity index (χ4n) is 5.40. The molecule has 0 saturated carbocycles. The number of likely N-dealkylation sites (tertiary alicyclic amines) is 1. The lowest BCUT2D eigenvalue weighted by Crippen LogP contribution is -2.54. The maximum Gasteiger partial charge on any atom is 0.250 e. The molecule has 0 aliphatic carbocycles. The first-order chi connectivity index (χ1) is 14.3. The summed E-state index contributed by atoms with van der Waals surface area (Å²) in [5.41, 5.74) is 4.95. The number of imide groups is 1. The van der Waals surface area contributed by atoms with E-state index in [-0.39, 0.29) is 19.1 Å². The van der Waals surface area contributed by atoms with Gasteiger partial charge in [-0.1, -0.05) is 11.6 Å². The number of ether oxygens (including phenoxy) is 1. The Hall–Kier alpha value is -2.49. The lowest BCUT2D eigenvalue weighted by Gasteiger charge is -2.30. The van der Waals surface area contributed by atoms with Gasteiger partial charge in [0.05, 0.1) is 24.5 Å². The Balaban J connectivity index is 1.60. The van der Waals surface area contributed by atoms with E-state index in [0.717, 1.165) is 12.8 Å². The Morgan fingerprint density at radius 1 is 1.30 bits per heavy atom. The largest absolute Gasteiger partial charge is 0.376 e. The number of nitrogens with zero attached hydrogens (tertiary/aromatic N) is 1. The van der Waals surface area contributed by atoms with Crippen molar-refractivity contribution in [2.75, 3.05) is 18.5 Å². The monoisotopic (exact) mass is 432 g/mol. The number of primary amides is 1. The summed E-state index contributed by atoms with van der Waals surface area (Å²) in [6.45, 7) is 0.742. The van der Waals surface area contributed by atoms with Crippen LogP contribution in [0.3, 0.4) is 0 Å². The second-order valence-electron chi connectivity index (χ2n) is 8.30. The minimum absolute atomic E-state index is 0.147. The Bertz CT molecular complexity index is 978. The van der Waals surface area contributed by atoms with Crippen molar-refractivity contribution in [3.8, 4) is 0 Å². The van der Waals surface area contributed by atoms with E-state index >= 15 is 0 Å². The number of benzene rings is 1. The smallest absolute Gasteiger partial charge is 0.250 e. The van der Waals surface area contributed by atoms with Crippen molar-refractivity contribution in [2.45, 2.75) is 36.9 Å². The molecule has 4 N–H and O–H groups in total. The van der Waals surface area contributed by atoms with Crippen molar-refractivity contribution < 1.29 is 23.9 Å². The minimum atomic E-state index is -1.48. The van der Waals surface area contributed by atoms with Crippen molar-refractivity contribution in [3.05, 3.63) is 28.8 Å². The van der Waals surface area contributed by atoms with E-state index in [1.165, 1.54) is 4.90 Å². The molecule has 3 fully saturated rings. The fraction of sp³-hybridized carbons (Fsp3) is 0.500. The van der Waals surface area contributed by atoms with E-state index in [1.54, 1.807) is 18.2 Å². The van der Waals surface area contributed by atoms with Crippen LogP contribution in [-0.2, 0) is 29.5 Å². The van der Waals surface area contributed by atoms with Gasteiger partial charge in [0, 0.05) is 35.3 Å². The second kappa shape index (κ2) is 6.76. The van der Waals surface area contributed by atoms with Crippen LogP contribution >= 0.6 is 11.6 Å². The number of anilines is 1. The van der Waals surface area contributed by atoms with Crippen molar-refractivity contribution in [1.29, 1.82) is 0 Å². The molecule has 1 aromatic rings. The number of halogens is 1. The van der Waals surface area contributed by atoms with E-state index in [1.807, 2.05) is 0 Å². The highest BCUT2D eigenvalue weighted by atomic mass is 35.5. The molecule has 1 aromatic carbocycles. The Kier molecular flexibility index (Phi) is 4.39. The van der Waals surface area contributed by atoms with Crippen molar-refractivity contribution in [3.63, 3.8) is 0 Å². The predicted octanol–water partition coefficient (Wildman–Crippen LogP) is 0.115. The number of rotatable bonds is 4. The number of hydrogen-bond donors (Lipinski definition) is 3. The molecule has 5 atom stereocenters. The first kappa shape index (κ1) is 19.5. The molecule has 4 aliphatic heterocycles. The summed E-state index contributed by atoms with van der Waals surface area (Å²) < 4.78 is 5.60. The van der Waals surface area contributed by atoms with Crippen LogP contribution in [0.15, 0.2) is 18.2 Å². The number of fused-ring (bicyclic) bond motifs is 4.